The van der Waals surface area contributed by atoms with Gasteiger partial charge in [0.25, 0.3) is 0 Å². The van der Waals surface area contributed by atoms with E-state index in [1.165, 1.54) is 0 Å². The van der Waals surface area contributed by atoms with Gasteiger partial charge in [-0.15, -0.1) is 0 Å². The van der Waals surface area contributed by atoms with E-state index in [0.717, 1.165) is 25.3 Å². The predicted octanol–water partition coefficient (Wildman–Crippen LogP) is 2.21. The minimum Gasteiger partial charge on any atom is -0.501 e. The summed E-state index contributed by atoms with van der Waals surface area (Å²) in [7, 11) is 1.73. The van der Waals surface area contributed by atoms with Crippen LogP contribution in [0, 0.1) is 17.8 Å². The monoisotopic (exact) mass is 235 g/mol. The summed E-state index contributed by atoms with van der Waals surface area (Å²) in [5.41, 5.74) is 0. The van der Waals surface area contributed by atoms with Gasteiger partial charge in [0.05, 0.1) is 12.9 Å². The summed E-state index contributed by atoms with van der Waals surface area (Å²) in [5.74, 6) is 2.31. The number of piperidine rings is 1. The molecule has 2 aliphatic rings. The van der Waals surface area contributed by atoms with Crippen LogP contribution in [0.15, 0.2) is 24.0 Å². The van der Waals surface area contributed by atoms with E-state index in [2.05, 4.69) is 6.08 Å². The molecule has 1 saturated heterocycles. The molecule has 3 heteroatoms. The number of carbonyl (C=O) groups excluding carboxylic acids is 1. The molecule has 17 heavy (non-hydrogen) atoms. The molecule has 0 aromatic rings. The highest BCUT2D eigenvalue weighted by molar-refractivity contribution is 5.78. The molecule has 1 fully saturated rings. The van der Waals surface area contributed by atoms with Crippen LogP contribution in [0.5, 0.6) is 0 Å². The van der Waals surface area contributed by atoms with Crippen molar-refractivity contribution in [2.45, 2.75) is 20.3 Å². The van der Waals surface area contributed by atoms with Crippen LogP contribution >= 0.6 is 0 Å². The molecule has 2 atom stereocenters. The third-order valence-corrected chi connectivity index (χ3v) is 3.68. The van der Waals surface area contributed by atoms with E-state index in [9.17, 15) is 4.79 Å². The number of amides is 1. The maximum Gasteiger partial charge on any atom is 0.225 e. The first-order valence-electron chi connectivity index (χ1n) is 6.34. The zero-order chi connectivity index (χ0) is 12.4. The van der Waals surface area contributed by atoms with Crippen LogP contribution in [0.25, 0.3) is 0 Å². The number of hydrogen-bond donors (Lipinski definition) is 0. The van der Waals surface area contributed by atoms with Crippen molar-refractivity contribution in [3.05, 3.63) is 24.0 Å². The molecule has 0 radical (unpaired) electrons. The Balaban J connectivity index is 2.05. The van der Waals surface area contributed by atoms with E-state index in [-0.39, 0.29) is 11.8 Å². The molecule has 0 bridgehead atoms. The van der Waals surface area contributed by atoms with Gasteiger partial charge in [0.2, 0.25) is 5.91 Å². The molecule has 0 aromatic heterocycles. The quantitative estimate of drug-likeness (QED) is 0.734. The molecule has 1 aliphatic carbocycles. The van der Waals surface area contributed by atoms with Gasteiger partial charge in [-0.3, -0.25) is 4.79 Å². The third-order valence-electron chi connectivity index (χ3n) is 3.68. The summed E-state index contributed by atoms with van der Waals surface area (Å²) in [4.78, 5) is 14.0. The summed E-state index contributed by atoms with van der Waals surface area (Å²) >= 11 is 0. The molecule has 1 unspecified atom stereocenters. The van der Waals surface area contributed by atoms with Crippen LogP contribution in [-0.2, 0) is 9.53 Å². The third kappa shape index (κ3) is 2.38. The van der Waals surface area contributed by atoms with Crippen molar-refractivity contribution in [1.29, 1.82) is 0 Å². The van der Waals surface area contributed by atoms with Crippen molar-refractivity contribution >= 4 is 5.91 Å². The zero-order valence-electron chi connectivity index (χ0n) is 10.8. The average Bonchev–Trinajstić information content (AvgIpc) is 2.36. The maximum atomic E-state index is 12.0. The lowest BCUT2D eigenvalue weighted by Crippen LogP contribution is -2.45. The summed E-state index contributed by atoms with van der Waals surface area (Å²) in [6.45, 7) is 5.61. The second kappa shape index (κ2) is 4.94. The molecule has 0 N–H and O–H groups in total. The molecule has 94 valence electrons. The van der Waals surface area contributed by atoms with Crippen LogP contribution in [0.4, 0.5) is 0 Å². The van der Waals surface area contributed by atoms with E-state index < -0.39 is 0 Å². The number of likely N-dealkylation sites (tertiary alicyclic amines) is 1. The highest BCUT2D eigenvalue weighted by Crippen LogP contribution is 2.34. The van der Waals surface area contributed by atoms with Crippen LogP contribution in [0.1, 0.15) is 20.3 Å². The minimum atomic E-state index is 0.0940. The molecule has 0 spiro atoms. The second-order valence-corrected chi connectivity index (χ2v) is 5.16. The van der Waals surface area contributed by atoms with Gasteiger partial charge < -0.3 is 9.64 Å². The van der Waals surface area contributed by atoms with Crippen molar-refractivity contribution < 1.29 is 9.53 Å². The van der Waals surface area contributed by atoms with Crippen molar-refractivity contribution in [3.63, 3.8) is 0 Å². The van der Waals surface area contributed by atoms with Gasteiger partial charge >= 0.3 is 0 Å². The van der Waals surface area contributed by atoms with Crippen molar-refractivity contribution in [3.8, 4) is 0 Å². The lowest BCUT2D eigenvalue weighted by atomic mass is 9.81. The van der Waals surface area contributed by atoms with Crippen molar-refractivity contribution in [2.24, 2.45) is 17.8 Å². The van der Waals surface area contributed by atoms with E-state index >= 15 is 0 Å². The fourth-order valence-corrected chi connectivity index (χ4v) is 2.73. The van der Waals surface area contributed by atoms with Gasteiger partial charge in [-0.05, 0) is 12.5 Å². The summed E-state index contributed by atoms with van der Waals surface area (Å²) < 4.78 is 5.41. The largest absolute Gasteiger partial charge is 0.501 e. The number of nitrogens with zero attached hydrogens (tertiary/aromatic N) is 1. The molecule has 0 aromatic carbocycles. The van der Waals surface area contributed by atoms with Crippen LogP contribution in [0.2, 0.25) is 0 Å². The molecule has 1 aliphatic heterocycles. The Labute approximate surface area is 103 Å². The van der Waals surface area contributed by atoms with Crippen LogP contribution < -0.4 is 0 Å². The molecule has 1 heterocycles. The number of rotatable bonds is 2. The molecule has 0 saturated carbocycles. The fraction of sp³-hybridized carbons (Fsp3) is 0.643. The number of hydrogen-bond acceptors (Lipinski definition) is 2. The normalized spacial score (nSPS) is 27.8. The van der Waals surface area contributed by atoms with Gasteiger partial charge in [-0.1, -0.05) is 26.0 Å². The maximum absolute atomic E-state index is 12.0. The second-order valence-electron chi connectivity index (χ2n) is 5.16. The highest BCUT2D eigenvalue weighted by Gasteiger charge is 2.34. The Morgan fingerprint density at radius 2 is 2.29 bits per heavy atom. The first-order valence-corrected chi connectivity index (χ1v) is 6.34. The number of ether oxygens (including phenoxy) is 1. The minimum absolute atomic E-state index is 0.0940. The lowest BCUT2D eigenvalue weighted by molar-refractivity contribution is -0.136. The van der Waals surface area contributed by atoms with Gasteiger partial charge in [0.1, 0.15) is 0 Å². The number of allylic oxidation sites excluding steroid dienone is 3. The summed E-state index contributed by atoms with van der Waals surface area (Å²) in [5, 5.41) is 0. The van der Waals surface area contributed by atoms with Crippen LogP contribution in [-0.4, -0.2) is 31.0 Å². The number of fused-ring (bicyclic) bond motifs is 1. The van der Waals surface area contributed by atoms with E-state index in [1.54, 1.807) is 7.11 Å². The smallest absolute Gasteiger partial charge is 0.225 e. The Bertz CT molecular complexity index is 357. The Kier molecular flexibility index (Phi) is 3.55. The van der Waals surface area contributed by atoms with Crippen molar-refractivity contribution in [1.82, 2.24) is 4.90 Å². The SMILES string of the molecule is COC1=CC=C[C@H]2CN(C(=O)C(C)C)CCC12. The van der Waals surface area contributed by atoms with Crippen molar-refractivity contribution in [2.75, 3.05) is 20.2 Å². The molecule has 3 nitrogen and oxygen atoms in total. The lowest BCUT2D eigenvalue weighted by Gasteiger charge is -2.39. The summed E-state index contributed by atoms with van der Waals surface area (Å²) in [6, 6.07) is 0. The molecular weight excluding hydrogens is 214 g/mol. The molecular formula is C14H21NO2. The number of carbonyl (C=O) groups is 1. The first-order chi connectivity index (χ1) is 8.13. The standard InChI is InChI=1S/C14H21NO2/c1-10(2)14(16)15-8-7-12-11(9-15)5-4-6-13(12)17-3/h4-6,10-12H,7-9H2,1-3H3/t11-,12?/m0/s1. The molecule has 2 rings (SSSR count). The number of methoxy groups -OCH3 is 1. The predicted molar refractivity (Wildman–Crippen MR) is 67.2 cm³/mol. The van der Waals surface area contributed by atoms with Gasteiger partial charge in [-0.2, -0.15) is 0 Å². The Hall–Kier alpha value is -1.25. The van der Waals surface area contributed by atoms with E-state index in [4.69, 9.17) is 4.74 Å². The highest BCUT2D eigenvalue weighted by atomic mass is 16.5. The fourth-order valence-electron chi connectivity index (χ4n) is 2.73. The van der Waals surface area contributed by atoms with E-state index in [1.807, 2.05) is 30.9 Å². The van der Waals surface area contributed by atoms with Gasteiger partial charge in [-0.25, -0.2) is 0 Å². The molecule has 1 amide bonds. The topological polar surface area (TPSA) is 29.5 Å². The first kappa shape index (κ1) is 12.2. The Morgan fingerprint density at radius 3 is 2.94 bits per heavy atom. The average molecular weight is 235 g/mol. The van der Waals surface area contributed by atoms with Gasteiger partial charge in [0, 0.05) is 30.8 Å². The zero-order valence-corrected chi connectivity index (χ0v) is 10.8. The van der Waals surface area contributed by atoms with Crippen LogP contribution in [0.3, 0.4) is 0 Å². The van der Waals surface area contributed by atoms with E-state index in [0.29, 0.717) is 11.8 Å². The summed E-state index contributed by atoms with van der Waals surface area (Å²) in [6.07, 6.45) is 7.30. The van der Waals surface area contributed by atoms with Gasteiger partial charge in [0.15, 0.2) is 0 Å². The Morgan fingerprint density at radius 1 is 1.53 bits per heavy atom.